The third-order valence-corrected chi connectivity index (χ3v) is 15.2. The normalized spacial score (nSPS) is 26.2. The highest BCUT2D eigenvalue weighted by atomic mass is 32.2. The third-order valence-electron chi connectivity index (χ3n) is 12.3. The van der Waals surface area contributed by atoms with Crippen molar-refractivity contribution in [3.8, 4) is 42.3 Å². The average molecular weight is 926 g/mol. The van der Waals surface area contributed by atoms with Gasteiger partial charge in [-0.15, -0.1) is 12.8 Å². The number of fused-ring (bicyclic) bond motifs is 2. The number of nitrogens with zero attached hydrogens (tertiary/aromatic N) is 7. The van der Waals surface area contributed by atoms with E-state index < -0.39 is 33.6 Å². The highest BCUT2D eigenvalue weighted by Crippen LogP contribution is 2.69. The van der Waals surface area contributed by atoms with E-state index in [9.17, 15) is 22.8 Å². The molecule has 1 aromatic carbocycles. The number of nitrogens with two attached hydrogens (primary N) is 2. The zero-order chi connectivity index (χ0) is 46.9. The van der Waals surface area contributed by atoms with Crippen LogP contribution in [0, 0.1) is 48.2 Å². The van der Waals surface area contributed by atoms with Crippen LogP contribution in [0.25, 0.3) is 0 Å². The van der Waals surface area contributed by atoms with Gasteiger partial charge in [-0.25, -0.2) is 38.1 Å². The van der Waals surface area contributed by atoms with Crippen molar-refractivity contribution in [2.45, 2.75) is 86.5 Å². The second kappa shape index (κ2) is 18.4. The number of carbonyl (C=O) groups excluding carboxylic acids is 2. The number of halogens is 3. The number of Topliss-reactive ketones (excluding diaryl/α,β-unsaturated/α-hetero) is 2. The molecule has 4 N–H and O–H groups in total. The lowest BCUT2D eigenvalue weighted by molar-refractivity contribution is 0.0979. The van der Waals surface area contributed by atoms with Crippen LogP contribution in [-0.2, 0) is 23.9 Å². The van der Waals surface area contributed by atoms with Gasteiger partial charge >= 0.3 is 0 Å². The number of methoxy groups -OCH3 is 1. The number of hydrogen-bond donors (Lipinski definition) is 2. The van der Waals surface area contributed by atoms with Crippen LogP contribution >= 0.6 is 23.5 Å². The Morgan fingerprint density at radius 3 is 1.88 bits per heavy atom. The second-order valence-corrected chi connectivity index (χ2v) is 19.2. The van der Waals surface area contributed by atoms with Gasteiger partial charge in [0.15, 0.2) is 46.7 Å². The van der Waals surface area contributed by atoms with Crippen molar-refractivity contribution >= 4 is 45.4 Å². The summed E-state index contributed by atoms with van der Waals surface area (Å²) >= 11 is 2.81. The fourth-order valence-electron chi connectivity index (χ4n) is 8.79. The molecule has 0 amide bonds. The van der Waals surface area contributed by atoms with Gasteiger partial charge in [0.25, 0.3) is 0 Å². The van der Waals surface area contributed by atoms with Crippen LogP contribution in [0.15, 0.2) is 59.2 Å². The smallest absolute Gasteiger partial charge is 0.233 e. The fraction of sp³-hybridized carbons (Fsp3) is 0.413. The molecule has 8 rings (SSSR count). The maximum atomic E-state index is 14.9. The van der Waals surface area contributed by atoms with Gasteiger partial charge in [0.2, 0.25) is 17.6 Å². The molecule has 19 heteroatoms. The topological polar surface area (TPSA) is 203 Å². The van der Waals surface area contributed by atoms with E-state index >= 15 is 0 Å². The predicted molar refractivity (Wildman–Crippen MR) is 242 cm³/mol. The Labute approximate surface area is 382 Å². The van der Waals surface area contributed by atoms with E-state index in [1.54, 1.807) is 20.0 Å². The summed E-state index contributed by atoms with van der Waals surface area (Å²) in [7, 11) is 1.52. The van der Waals surface area contributed by atoms with Gasteiger partial charge in [-0.05, 0) is 69.4 Å². The number of hydrogen-bond acceptors (Lipinski definition) is 16. The van der Waals surface area contributed by atoms with Crippen LogP contribution in [0.4, 0.5) is 13.2 Å². The van der Waals surface area contributed by atoms with E-state index in [0.29, 0.717) is 39.3 Å². The Morgan fingerprint density at radius 1 is 0.800 bits per heavy atom. The molecule has 338 valence electrons. The quantitative estimate of drug-likeness (QED) is 0.0986. The van der Waals surface area contributed by atoms with Gasteiger partial charge in [-0.2, -0.15) is 0 Å². The molecule has 2 aliphatic heterocycles. The first kappa shape index (κ1) is 46.8. The first-order chi connectivity index (χ1) is 30.9. The van der Waals surface area contributed by atoms with E-state index in [4.69, 9.17) is 43.5 Å². The van der Waals surface area contributed by atoms with Crippen molar-refractivity contribution in [2.24, 2.45) is 33.3 Å². The molecule has 0 radical (unpaired) electrons. The SMILES string of the molecule is C#CCOc1cnc(C(=O)Cc2cc(F)c(F)c([C@@]3(C)N=C(N)S[C@@]4(CC)C[C@H]43)c2)cn1.C#CCOc1cnc(C(=O)Cc2cnc(OC)c([C@@]3(C)N=C(N)S[C@@]4(C(C)F)C[C@@H]34)c2)cn1. The number of rotatable bonds is 15. The van der Waals surface area contributed by atoms with E-state index in [1.165, 1.54) is 61.5 Å². The van der Waals surface area contributed by atoms with E-state index in [-0.39, 0.29) is 82.9 Å². The average Bonchev–Trinajstić information content (AvgIpc) is 4.22. The first-order valence-electron chi connectivity index (χ1n) is 20.5. The number of aromatic nitrogens is 5. The summed E-state index contributed by atoms with van der Waals surface area (Å²) in [4.78, 5) is 55.3. The summed E-state index contributed by atoms with van der Waals surface area (Å²) in [6.07, 6.45) is 18.2. The van der Waals surface area contributed by atoms with Crippen molar-refractivity contribution in [1.82, 2.24) is 24.9 Å². The van der Waals surface area contributed by atoms with E-state index in [2.05, 4.69) is 48.7 Å². The van der Waals surface area contributed by atoms with Crippen molar-refractivity contribution in [3.63, 3.8) is 0 Å². The van der Waals surface area contributed by atoms with Crippen molar-refractivity contribution in [1.29, 1.82) is 0 Å². The third kappa shape index (κ3) is 9.22. The summed E-state index contributed by atoms with van der Waals surface area (Å²) < 4.78 is 59.1. The Balaban J connectivity index is 0.000000194. The van der Waals surface area contributed by atoms with Gasteiger partial charge in [0.05, 0.1) is 47.7 Å². The largest absolute Gasteiger partial charge is 0.481 e. The molecule has 2 fully saturated rings. The molecular weight excluding hydrogens is 880 g/mol. The number of aliphatic imine (C=N–C) groups is 2. The summed E-state index contributed by atoms with van der Waals surface area (Å²) in [6.45, 7) is 7.41. The zero-order valence-electron chi connectivity index (χ0n) is 36.2. The van der Waals surface area contributed by atoms with Gasteiger partial charge in [-0.3, -0.25) is 19.6 Å². The maximum absolute atomic E-state index is 14.9. The number of terminal acetylenes is 2. The van der Waals surface area contributed by atoms with Gasteiger partial charge in [0, 0.05) is 46.7 Å². The lowest BCUT2D eigenvalue weighted by Gasteiger charge is -2.35. The minimum atomic E-state index is -1.05. The highest BCUT2D eigenvalue weighted by Gasteiger charge is 2.69. The number of amidine groups is 2. The van der Waals surface area contributed by atoms with Crippen molar-refractivity contribution < 1.29 is 37.0 Å². The lowest BCUT2D eigenvalue weighted by Crippen LogP contribution is -2.39. The molecule has 7 atom stereocenters. The summed E-state index contributed by atoms with van der Waals surface area (Å²) in [6, 6.07) is 4.38. The minimum Gasteiger partial charge on any atom is -0.481 e. The molecule has 4 aromatic rings. The molecule has 2 aliphatic carbocycles. The Morgan fingerprint density at radius 2 is 1.35 bits per heavy atom. The Bertz CT molecular complexity index is 2660. The molecule has 65 heavy (non-hydrogen) atoms. The van der Waals surface area contributed by atoms with E-state index in [0.717, 1.165) is 18.9 Å². The lowest BCUT2D eigenvalue weighted by atomic mass is 9.84. The number of thioether (sulfide) groups is 2. The monoisotopic (exact) mass is 925 g/mol. The van der Waals surface area contributed by atoms with Gasteiger partial charge in [-0.1, -0.05) is 42.3 Å². The molecule has 4 aliphatic rings. The highest BCUT2D eigenvalue weighted by molar-refractivity contribution is 8.15. The number of carbonyl (C=O) groups is 2. The van der Waals surface area contributed by atoms with Crippen LogP contribution in [-0.4, -0.2) is 82.8 Å². The fourth-order valence-corrected chi connectivity index (χ4v) is 11.6. The Kier molecular flexibility index (Phi) is 13.2. The van der Waals surface area contributed by atoms with Crippen LogP contribution in [0.5, 0.6) is 17.6 Å². The molecule has 2 saturated carbocycles. The van der Waals surface area contributed by atoms with Crippen LogP contribution in [0.2, 0.25) is 0 Å². The predicted octanol–water partition coefficient (Wildman–Crippen LogP) is 6.35. The standard InChI is InChI=1S/C23H22F2N4O2S.C23H24FN5O3S/c1-4-6-31-19-12-27-16(11-28-19)17(30)9-13-7-14(20(25)15(24)8-13)22(3)18-10-23(18,5-2)32-21(26)29-22;1-5-6-32-19-12-26-16(11-27-19)17(30)8-14-7-15(20(31-4)28-10-14)22(3)18-9-23(18,13(2)24)33-21(25)29-22/h1,7-8,11-12,18H,5-6,9-10H2,2-3H3,(H2,26,29);1,7,10-13,18H,6,8-9H2,2-4H3,(H2,25,29)/t18-,22+,23-;13?,18-,22+,23+/m00/s1. The first-order valence-corrected chi connectivity index (χ1v) is 22.2. The molecule has 0 spiro atoms. The molecule has 1 unspecified atom stereocenters. The summed E-state index contributed by atoms with van der Waals surface area (Å²) in [5.74, 6) is 2.81. The van der Waals surface area contributed by atoms with Crippen molar-refractivity contribution in [2.75, 3.05) is 20.3 Å². The van der Waals surface area contributed by atoms with Gasteiger partial charge in [0.1, 0.15) is 17.6 Å². The Hall–Kier alpha value is -6.18. The number of pyridine rings is 1. The molecule has 0 saturated heterocycles. The number of benzene rings is 1. The minimum absolute atomic E-state index is 0.0319. The van der Waals surface area contributed by atoms with Crippen LogP contribution < -0.4 is 25.7 Å². The van der Waals surface area contributed by atoms with Crippen LogP contribution in [0.3, 0.4) is 0 Å². The number of ether oxygens (including phenoxy) is 3. The van der Waals surface area contributed by atoms with Crippen molar-refractivity contribution in [3.05, 3.63) is 94.5 Å². The molecule has 0 bridgehead atoms. The molecule has 3 aromatic heterocycles. The maximum Gasteiger partial charge on any atom is 0.233 e. The molecule has 14 nitrogen and oxygen atoms in total. The van der Waals surface area contributed by atoms with E-state index in [1.807, 2.05) is 13.0 Å². The zero-order valence-corrected chi connectivity index (χ0v) is 37.9. The number of ketones is 2. The molecular formula is C46H46F3N9O5S2. The number of alkyl halides is 1. The summed E-state index contributed by atoms with van der Waals surface area (Å²) in [5.41, 5.74) is 12.4. The second-order valence-electron chi connectivity index (χ2n) is 16.4. The van der Waals surface area contributed by atoms with Crippen LogP contribution in [0.1, 0.15) is 90.2 Å². The summed E-state index contributed by atoms with van der Waals surface area (Å²) in [5, 5.41) is 0.702. The molecule has 5 heterocycles. The van der Waals surface area contributed by atoms with Gasteiger partial charge < -0.3 is 25.7 Å².